The predicted molar refractivity (Wildman–Crippen MR) is 61.4 cm³/mol. The van der Waals surface area contributed by atoms with Crippen LogP contribution in [0.2, 0.25) is 0 Å². The van der Waals surface area contributed by atoms with Crippen molar-refractivity contribution in [3.8, 4) is 6.07 Å². The van der Waals surface area contributed by atoms with Crippen LogP contribution in [0.4, 0.5) is 0 Å². The van der Waals surface area contributed by atoms with Gasteiger partial charge in [-0.05, 0) is 42.5 Å². The number of nitriles is 1. The predicted octanol–water partition coefficient (Wildman–Crippen LogP) is 1.72. The smallest absolute Gasteiger partial charge is 0.101 e. The molecule has 0 bridgehead atoms. The Bertz CT molecular complexity index is 484. The molecule has 1 aliphatic heterocycles. The van der Waals surface area contributed by atoms with Crippen molar-refractivity contribution >= 4 is 5.57 Å². The Morgan fingerprint density at radius 2 is 2.38 bits per heavy atom. The molecule has 1 saturated heterocycles. The summed E-state index contributed by atoms with van der Waals surface area (Å²) in [5.41, 5.74) is 3.06. The monoisotopic (exact) mass is 211 g/mol. The van der Waals surface area contributed by atoms with Crippen LogP contribution < -0.4 is 5.32 Å². The first-order chi connectivity index (χ1) is 7.88. The molecule has 16 heavy (non-hydrogen) atoms. The Morgan fingerprint density at radius 1 is 1.44 bits per heavy atom. The molecule has 0 radical (unpaired) electrons. The van der Waals surface area contributed by atoms with Gasteiger partial charge in [-0.2, -0.15) is 5.26 Å². The van der Waals surface area contributed by atoms with E-state index in [2.05, 4.69) is 22.4 Å². The number of hydrogen-bond donors (Lipinski definition) is 1. The van der Waals surface area contributed by atoms with E-state index in [4.69, 9.17) is 5.26 Å². The lowest BCUT2D eigenvalue weighted by atomic mass is 9.97. The zero-order valence-electron chi connectivity index (χ0n) is 8.98. The minimum absolute atomic E-state index is 0.482. The van der Waals surface area contributed by atoms with Crippen molar-refractivity contribution in [2.45, 2.75) is 18.9 Å². The highest BCUT2D eigenvalue weighted by Crippen LogP contribution is 2.37. The van der Waals surface area contributed by atoms with Crippen LogP contribution >= 0.6 is 0 Å². The number of nitrogens with zero attached hydrogens (tertiary/aromatic N) is 2. The van der Waals surface area contributed by atoms with Gasteiger partial charge in [0.1, 0.15) is 6.07 Å². The van der Waals surface area contributed by atoms with Crippen LogP contribution in [0.1, 0.15) is 24.0 Å². The van der Waals surface area contributed by atoms with Crippen LogP contribution in [0.3, 0.4) is 0 Å². The van der Waals surface area contributed by atoms with Crippen molar-refractivity contribution < 1.29 is 0 Å². The molecule has 2 heterocycles. The van der Waals surface area contributed by atoms with E-state index >= 15 is 0 Å². The molecule has 1 aromatic heterocycles. The largest absolute Gasteiger partial charge is 0.310 e. The van der Waals surface area contributed by atoms with Gasteiger partial charge in [-0.25, -0.2) is 0 Å². The molecule has 1 aromatic rings. The summed E-state index contributed by atoms with van der Waals surface area (Å²) in [6, 6.07) is 4.55. The SMILES string of the molecule is N#Cc1cncc(C2=CC[C@@H]3CCN[C@H]23)c1. The van der Waals surface area contributed by atoms with Gasteiger partial charge in [0, 0.05) is 18.4 Å². The molecule has 3 nitrogen and oxygen atoms in total. The van der Waals surface area contributed by atoms with Crippen LogP contribution in [0.25, 0.3) is 5.57 Å². The summed E-state index contributed by atoms with van der Waals surface area (Å²) in [5.74, 6) is 0.751. The van der Waals surface area contributed by atoms with Gasteiger partial charge in [0.05, 0.1) is 5.56 Å². The lowest BCUT2D eigenvalue weighted by Gasteiger charge is -2.14. The molecular formula is C13H13N3. The summed E-state index contributed by atoms with van der Waals surface area (Å²) in [5, 5.41) is 12.4. The van der Waals surface area contributed by atoms with Crippen LogP contribution in [0.15, 0.2) is 24.5 Å². The van der Waals surface area contributed by atoms with Crippen LogP contribution in [0.5, 0.6) is 0 Å². The summed E-state index contributed by atoms with van der Waals surface area (Å²) < 4.78 is 0. The second kappa shape index (κ2) is 3.73. The second-order valence-corrected chi connectivity index (χ2v) is 4.45. The van der Waals surface area contributed by atoms with Gasteiger partial charge in [-0.15, -0.1) is 0 Å². The summed E-state index contributed by atoms with van der Waals surface area (Å²) in [6.07, 6.45) is 8.17. The van der Waals surface area contributed by atoms with Crippen LogP contribution in [0, 0.1) is 17.2 Å². The molecule has 80 valence electrons. The number of aromatic nitrogens is 1. The van der Waals surface area contributed by atoms with Crippen molar-refractivity contribution in [3.05, 3.63) is 35.7 Å². The number of hydrogen-bond acceptors (Lipinski definition) is 3. The van der Waals surface area contributed by atoms with E-state index < -0.39 is 0 Å². The van der Waals surface area contributed by atoms with E-state index in [1.807, 2.05) is 12.3 Å². The summed E-state index contributed by atoms with van der Waals surface area (Å²) in [7, 11) is 0. The average molecular weight is 211 g/mol. The zero-order chi connectivity index (χ0) is 11.0. The van der Waals surface area contributed by atoms with E-state index in [-0.39, 0.29) is 0 Å². The molecule has 2 atom stereocenters. The Labute approximate surface area is 94.8 Å². The maximum Gasteiger partial charge on any atom is 0.101 e. The number of allylic oxidation sites excluding steroid dienone is 1. The Kier molecular flexibility index (Phi) is 2.23. The van der Waals surface area contributed by atoms with E-state index in [0.29, 0.717) is 11.6 Å². The Morgan fingerprint density at radius 3 is 3.25 bits per heavy atom. The fourth-order valence-corrected chi connectivity index (χ4v) is 2.74. The molecule has 3 heteroatoms. The third-order valence-corrected chi connectivity index (χ3v) is 3.53. The third-order valence-electron chi connectivity index (χ3n) is 3.53. The highest BCUT2D eigenvalue weighted by molar-refractivity contribution is 5.72. The van der Waals surface area contributed by atoms with E-state index in [9.17, 15) is 0 Å². The molecule has 0 spiro atoms. The van der Waals surface area contributed by atoms with Crippen molar-refractivity contribution in [2.24, 2.45) is 5.92 Å². The molecule has 0 unspecified atom stereocenters. The van der Waals surface area contributed by atoms with Crippen molar-refractivity contribution in [2.75, 3.05) is 6.54 Å². The summed E-state index contributed by atoms with van der Waals surface area (Å²) in [6.45, 7) is 1.11. The van der Waals surface area contributed by atoms with Gasteiger partial charge in [-0.1, -0.05) is 6.08 Å². The minimum atomic E-state index is 0.482. The zero-order valence-corrected chi connectivity index (χ0v) is 8.98. The fraction of sp³-hybridized carbons (Fsp3) is 0.385. The number of fused-ring (bicyclic) bond motifs is 1. The van der Waals surface area contributed by atoms with Gasteiger partial charge in [-0.3, -0.25) is 4.98 Å². The summed E-state index contributed by atoms with van der Waals surface area (Å²) >= 11 is 0. The van der Waals surface area contributed by atoms with Gasteiger partial charge in [0.15, 0.2) is 0 Å². The lowest BCUT2D eigenvalue weighted by Crippen LogP contribution is -2.24. The van der Waals surface area contributed by atoms with Crippen molar-refractivity contribution in [1.82, 2.24) is 10.3 Å². The molecule has 3 rings (SSSR count). The molecule has 0 saturated carbocycles. The first-order valence-electron chi connectivity index (χ1n) is 5.67. The van der Waals surface area contributed by atoms with Gasteiger partial charge < -0.3 is 5.32 Å². The Balaban J connectivity index is 1.95. The molecule has 0 aromatic carbocycles. The van der Waals surface area contributed by atoms with Crippen molar-refractivity contribution in [1.29, 1.82) is 5.26 Å². The van der Waals surface area contributed by atoms with Gasteiger partial charge in [0.2, 0.25) is 0 Å². The van der Waals surface area contributed by atoms with E-state index in [0.717, 1.165) is 24.4 Å². The average Bonchev–Trinajstić information content (AvgIpc) is 2.90. The van der Waals surface area contributed by atoms with E-state index in [1.54, 1.807) is 6.20 Å². The Hall–Kier alpha value is -1.66. The van der Waals surface area contributed by atoms with Gasteiger partial charge in [0.25, 0.3) is 0 Å². The fourth-order valence-electron chi connectivity index (χ4n) is 2.74. The highest BCUT2D eigenvalue weighted by atomic mass is 15.0. The lowest BCUT2D eigenvalue weighted by molar-refractivity contribution is 0.557. The molecule has 0 amide bonds. The number of pyridine rings is 1. The second-order valence-electron chi connectivity index (χ2n) is 4.45. The van der Waals surface area contributed by atoms with Crippen LogP contribution in [-0.2, 0) is 0 Å². The first kappa shape index (κ1) is 9.56. The molecular weight excluding hydrogens is 198 g/mol. The standard InChI is InChI=1S/C13H13N3/c14-6-9-5-11(8-15-7-9)12-2-1-10-3-4-16-13(10)12/h2,5,7-8,10,13,16H,1,3-4H2/t10-,13+/m1/s1. The maximum absolute atomic E-state index is 8.87. The van der Waals surface area contributed by atoms with E-state index in [1.165, 1.54) is 12.0 Å². The van der Waals surface area contributed by atoms with Crippen molar-refractivity contribution in [3.63, 3.8) is 0 Å². The first-order valence-corrected chi connectivity index (χ1v) is 5.67. The highest BCUT2D eigenvalue weighted by Gasteiger charge is 2.33. The number of nitrogens with one attached hydrogen (secondary N) is 1. The molecule has 1 fully saturated rings. The third kappa shape index (κ3) is 1.43. The van der Waals surface area contributed by atoms with Crippen LogP contribution in [-0.4, -0.2) is 17.6 Å². The number of rotatable bonds is 1. The topological polar surface area (TPSA) is 48.7 Å². The molecule has 1 aliphatic carbocycles. The van der Waals surface area contributed by atoms with Gasteiger partial charge >= 0.3 is 0 Å². The molecule has 2 aliphatic rings. The quantitative estimate of drug-likeness (QED) is 0.769. The normalized spacial score (nSPS) is 27.3. The molecule has 1 N–H and O–H groups in total. The summed E-state index contributed by atoms with van der Waals surface area (Å²) in [4.78, 5) is 4.12. The minimum Gasteiger partial charge on any atom is -0.310 e. The maximum atomic E-state index is 8.87.